The van der Waals surface area contributed by atoms with Crippen LogP contribution in [0.2, 0.25) is 0 Å². The molecule has 1 amide bonds. The van der Waals surface area contributed by atoms with Gasteiger partial charge in [-0.15, -0.1) is 0 Å². The molecular formula is C18H33N5O3S2. The van der Waals surface area contributed by atoms with Crippen LogP contribution in [0.15, 0.2) is 0 Å². The van der Waals surface area contributed by atoms with Gasteiger partial charge in [-0.1, -0.05) is 27.7 Å². The summed E-state index contributed by atoms with van der Waals surface area (Å²) in [4.78, 5) is 13.4. The molecule has 1 aromatic heterocycles. The van der Waals surface area contributed by atoms with Gasteiger partial charge in [0.05, 0.1) is 18.2 Å². The second-order valence-electron chi connectivity index (χ2n) is 8.53. The van der Waals surface area contributed by atoms with E-state index in [1.54, 1.807) is 4.68 Å². The minimum atomic E-state index is -2.97. The van der Waals surface area contributed by atoms with E-state index in [2.05, 4.69) is 37.7 Å². The molecule has 0 saturated carbocycles. The van der Waals surface area contributed by atoms with E-state index in [1.807, 2.05) is 4.57 Å². The minimum absolute atomic E-state index is 0.0152. The van der Waals surface area contributed by atoms with Crippen LogP contribution >= 0.6 is 12.2 Å². The maximum Gasteiger partial charge on any atom is 0.217 e. The van der Waals surface area contributed by atoms with Crippen molar-refractivity contribution >= 4 is 28.0 Å². The Bertz CT molecular complexity index is 842. The molecule has 1 aliphatic heterocycles. The number of aromatic nitrogens is 3. The van der Waals surface area contributed by atoms with E-state index < -0.39 is 9.84 Å². The fraction of sp³-hybridized carbons (Fsp3) is 0.833. The van der Waals surface area contributed by atoms with Crippen molar-refractivity contribution in [1.29, 1.82) is 0 Å². The third-order valence-electron chi connectivity index (χ3n) is 4.78. The van der Waals surface area contributed by atoms with E-state index >= 15 is 0 Å². The second-order valence-corrected chi connectivity index (χ2v) is 11.1. The molecule has 0 aliphatic carbocycles. The van der Waals surface area contributed by atoms with Crippen molar-refractivity contribution in [1.82, 2.24) is 19.2 Å². The number of carbonyl (C=O) groups is 1. The van der Waals surface area contributed by atoms with Crippen molar-refractivity contribution in [2.24, 2.45) is 17.6 Å². The summed E-state index contributed by atoms with van der Waals surface area (Å²) in [6.45, 7) is 10.4. The smallest absolute Gasteiger partial charge is 0.217 e. The number of nitrogens with two attached hydrogens (primary N) is 1. The Morgan fingerprint density at radius 1 is 1.32 bits per heavy atom. The van der Waals surface area contributed by atoms with Crippen LogP contribution in [0.5, 0.6) is 0 Å². The van der Waals surface area contributed by atoms with Gasteiger partial charge in [0.2, 0.25) is 5.91 Å². The van der Waals surface area contributed by atoms with Crippen molar-refractivity contribution in [3.63, 3.8) is 0 Å². The Labute approximate surface area is 173 Å². The number of amides is 1. The third kappa shape index (κ3) is 6.38. The lowest BCUT2D eigenvalue weighted by Crippen LogP contribution is -2.40. The third-order valence-corrected chi connectivity index (χ3v) is 6.96. The Morgan fingerprint density at radius 2 is 2.00 bits per heavy atom. The summed E-state index contributed by atoms with van der Waals surface area (Å²) < 4.78 is 28.3. The number of sulfone groups is 1. The van der Waals surface area contributed by atoms with Crippen LogP contribution in [0.4, 0.5) is 0 Å². The monoisotopic (exact) mass is 431 g/mol. The van der Waals surface area contributed by atoms with Crippen LogP contribution in [-0.4, -0.2) is 57.7 Å². The van der Waals surface area contributed by atoms with E-state index in [1.165, 1.54) is 0 Å². The first kappa shape index (κ1) is 23.0. The maximum atomic E-state index is 12.0. The van der Waals surface area contributed by atoms with Gasteiger partial charge in [0.15, 0.2) is 14.6 Å². The zero-order valence-corrected chi connectivity index (χ0v) is 18.9. The molecule has 160 valence electrons. The van der Waals surface area contributed by atoms with E-state index in [0.29, 0.717) is 36.1 Å². The first-order chi connectivity index (χ1) is 13.0. The first-order valence-electron chi connectivity index (χ1n) is 9.87. The Morgan fingerprint density at radius 3 is 2.50 bits per heavy atom. The zero-order chi connectivity index (χ0) is 21.1. The van der Waals surface area contributed by atoms with Gasteiger partial charge in [-0.2, -0.15) is 5.10 Å². The normalized spacial score (nSPS) is 19.2. The Balaban J connectivity index is 2.30. The van der Waals surface area contributed by atoms with Crippen molar-refractivity contribution in [2.45, 2.75) is 66.2 Å². The van der Waals surface area contributed by atoms with Crippen LogP contribution in [0, 0.1) is 16.6 Å². The van der Waals surface area contributed by atoms with Crippen molar-refractivity contribution < 1.29 is 13.2 Å². The molecule has 2 heterocycles. The maximum absolute atomic E-state index is 12.0. The van der Waals surface area contributed by atoms with Gasteiger partial charge in [0.25, 0.3) is 0 Å². The molecule has 0 spiro atoms. The zero-order valence-electron chi connectivity index (χ0n) is 17.3. The van der Waals surface area contributed by atoms with Crippen molar-refractivity contribution in [2.75, 3.05) is 18.1 Å². The summed E-state index contributed by atoms with van der Waals surface area (Å²) in [5, 5.41) is 4.67. The van der Waals surface area contributed by atoms with Crippen LogP contribution in [0.1, 0.15) is 46.4 Å². The van der Waals surface area contributed by atoms with E-state index in [4.69, 9.17) is 18.0 Å². The highest BCUT2D eigenvalue weighted by Gasteiger charge is 2.33. The van der Waals surface area contributed by atoms with Crippen molar-refractivity contribution in [3.8, 4) is 0 Å². The first-order valence-corrected chi connectivity index (χ1v) is 12.1. The topological polar surface area (TPSA) is 103 Å². The average Bonchev–Trinajstić information content (AvgIpc) is 3.05. The lowest BCUT2D eigenvalue weighted by molar-refractivity contribution is -0.118. The highest BCUT2D eigenvalue weighted by molar-refractivity contribution is 7.91. The molecule has 0 aromatic carbocycles. The Kier molecular flexibility index (Phi) is 7.81. The van der Waals surface area contributed by atoms with E-state index in [9.17, 15) is 13.2 Å². The molecule has 10 heteroatoms. The summed E-state index contributed by atoms with van der Waals surface area (Å²) >= 11 is 5.67. The predicted molar refractivity (Wildman–Crippen MR) is 112 cm³/mol. The van der Waals surface area contributed by atoms with Gasteiger partial charge < -0.3 is 10.3 Å². The van der Waals surface area contributed by atoms with Gasteiger partial charge in [0.1, 0.15) is 5.82 Å². The van der Waals surface area contributed by atoms with E-state index in [-0.39, 0.29) is 29.9 Å². The van der Waals surface area contributed by atoms with Gasteiger partial charge in [-0.3, -0.25) is 9.69 Å². The molecule has 1 aliphatic rings. The predicted octanol–water partition coefficient (Wildman–Crippen LogP) is 1.59. The van der Waals surface area contributed by atoms with Crippen LogP contribution < -0.4 is 5.73 Å². The summed E-state index contributed by atoms with van der Waals surface area (Å²) in [6.07, 6.45) is 1.31. The summed E-state index contributed by atoms with van der Waals surface area (Å²) in [6, 6.07) is -0.0152. The summed E-state index contributed by atoms with van der Waals surface area (Å²) in [5.41, 5.74) is 5.31. The van der Waals surface area contributed by atoms with Gasteiger partial charge in [-0.05, 0) is 30.5 Å². The summed E-state index contributed by atoms with van der Waals surface area (Å²) in [7, 11) is -2.97. The molecule has 2 rings (SSSR count). The molecule has 1 atom stereocenters. The lowest BCUT2D eigenvalue weighted by Gasteiger charge is -2.29. The number of hydrogen-bond donors (Lipinski definition) is 1. The number of carbonyl (C=O) groups excluding carboxylic acids is 1. The van der Waals surface area contributed by atoms with Gasteiger partial charge in [-0.25, -0.2) is 13.1 Å². The van der Waals surface area contributed by atoms with Gasteiger partial charge in [0, 0.05) is 32.0 Å². The lowest BCUT2D eigenvalue weighted by atomic mass is 10.1. The molecule has 0 radical (unpaired) electrons. The number of hydrogen-bond acceptors (Lipinski definition) is 6. The van der Waals surface area contributed by atoms with Crippen molar-refractivity contribution in [3.05, 3.63) is 10.6 Å². The van der Waals surface area contributed by atoms with Crippen LogP contribution in [-0.2, 0) is 34.3 Å². The largest absolute Gasteiger partial charge is 0.370 e. The Hall–Kier alpha value is -1.26. The average molecular weight is 432 g/mol. The quantitative estimate of drug-likeness (QED) is 0.564. The summed E-state index contributed by atoms with van der Waals surface area (Å²) in [5.74, 6) is 1.58. The fourth-order valence-electron chi connectivity index (χ4n) is 3.57. The van der Waals surface area contributed by atoms with Gasteiger partial charge >= 0.3 is 0 Å². The molecule has 1 saturated heterocycles. The standard InChI is InChI=1S/C18H33N5O3S2/c1-13(2)9-21(15-7-8-28(25,26)11-15)12-23-18(27)22(10-14(3)4)17(20-23)6-5-16(19)24/h13-15H,5-12H2,1-4H3,(H2,19,24)/t15-/m0/s1. The molecule has 1 fully saturated rings. The minimum Gasteiger partial charge on any atom is -0.370 e. The molecular weight excluding hydrogens is 398 g/mol. The van der Waals surface area contributed by atoms with E-state index in [0.717, 1.165) is 18.9 Å². The highest BCUT2D eigenvalue weighted by atomic mass is 32.2. The molecule has 1 aromatic rings. The van der Waals surface area contributed by atoms with Crippen LogP contribution in [0.25, 0.3) is 0 Å². The SMILES string of the molecule is CC(C)CN(Cn1nc(CCC(N)=O)n(CC(C)C)c1=S)[C@H]1CCS(=O)(=O)C1. The molecule has 2 N–H and O–H groups in total. The fourth-order valence-corrected chi connectivity index (χ4v) is 5.61. The molecule has 0 bridgehead atoms. The molecule has 28 heavy (non-hydrogen) atoms. The molecule has 8 nitrogen and oxygen atoms in total. The highest BCUT2D eigenvalue weighted by Crippen LogP contribution is 2.20. The molecule has 0 unspecified atom stereocenters. The second kappa shape index (κ2) is 9.49. The number of primary amides is 1. The number of rotatable bonds is 10. The van der Waals surface area contributed by atoms with Crippen LogP contribution in [0.3, 0.4) is 0 Å². The number of aryl methyl sites for hydroxylation is 1. The number of nitrogens with zero attached hydrogens (tertiary/aromatic N) is 4.